The van der Waals surface area contributed by atoms with E-state index in [1.807, 2.05) is 0 Å². The predicted molar refractivity (Wildman–Crippen MR) is 90.2 cm³/mol. The SMILES string of the molecule is COCCC(=O)N[C@@H]1C[C@H](C2CCCCC2)O[C@@H]2CCCC[C@@H]12. The van der Waals surface area contributed by atoms with E-state index in [1.165, 1.54) is 57.8 Å². The van der Waals surface area contributed by atoms with E-state index in [2.05, 4.69) is 5.32 Å². The smallest absolute Gasteiger partial charge is 0.222 e. The van der Waals surface area contributed by atoms with Crippen LogP contribution in [0, 0.1) is 11.8 Å². The molecule has 0 radical (unpaired) electrons. The van der Waals surface area contributed by atoms with Gasteiger partial charge in [0.15, 0.2) is 0 Å². The molecule has 4 nitrogen and oxygen atoms in total. The van der Waals surface area contributed by atoms with Crippen molar-refractivity contribution in [2.24, 2.45) is 11.8 Å². The van der Waals surface area contributed by atoms with Crippen molar-refractivity contribution in [1.82, 2.24) is 5.32 Å². The second kappa shape index (κ2) is 8.48. The molecular weight excluding hydrogens is 290 g/mol. The van der Waals surface area contributed by atoms with Crippen molar-refractivity contribution < 1.29 is 14.3 Å². The van der Waals surface area contributed by atoms with Crippen molar-refractivity contribution in [2.75, 3.05) is 13.7 Å². The van der Waals surface area contributed by atoms with Gasteiger partial charge < -0.3 is 14.8 Å². The first-order valence-electron chi connectivity index (χ1n) is 9.71. The number of fused-ring (bicyclic) bond motifs is 1. The third kappa shape index (κ3) is 4.48. The van der Waals surface area contributed by atoms with Crippen LogP contribution in [0.3, 0.4) is 0 Å². The van der Waals surface area contributed by atoms with Gasteiger partial charge in [-0.3, -0.25) is 4.79 Å². The summed E-state index contributed by atoms with van der Waals surface area (Å²) in [6.45, 7) is 0.509. The fourth-order valence-electron chi connectivity index (χ4n) is 4.91. The van der Waals surface area contributed by atoms with Gasteiger partial charge in [-0.2, -0.15) is 0 Å². The first kappa shape index (κ1) is 17.2. The molecular formula is C19H33NO3. The zero-order valence-electron chi connectivity index (χ0n) is 14.6. The lowest BCUT2D eigenvalue weighted by atomic mass is 9.73. The molecule has 3 aliphatic rings. The predicted octanol–water partition coefficient (Wildman–Crippen LogP) is 3.44. The molecule has 0 aromatic carbocycles. The van der Waals surface area contributed by atoms with Crippen LogP contribution < -0.4 is 5.32 Å². The third-order valence-corrected chi connectivity index (χ3v) is 6.16. The molecule has 4 heteroatoms. The molecule has 1 heterocycles. The summed E-state index contributed by atoms with van der Waals surface area (Å²) in [5, 5.41) is 3.32. The van der Waals surface area contributed by atoms with E-state index >= 15 is 0 Å². The zero-order valence-corrected chi connectivity index (χ0v) is 14.6. The highest BCUT2D eigenvalue weighted by Gasteiger charge is 2.42. The minimum Gasteiger partial charge on any atom is -0.384 e. The van der Waals surface area contributed by atoms with Gasteiger partial charge in [0.25, 0.3) is 0 Å². The van der Waals surface area contributed by atoms with E-state index in [-0.39, 0.29) is 5.91 Å². The van der Waals surface area contributed by atoms with E-state index in [4.69, 9.17) is 9.47 Å². The Bertz CT molecular complexity index is 381. The van der Waals surface area contributed by atoms with E-state index in [0.29, 0.717) is 43.1 Å². The van der Waals surface area contributed by atoms with Gasteiger partial charge in [-0.05, 0) is 38.0 Å². The minimum absolute atomic E-state index is 0.144. The summed E-state index contributed by atoms with van der Waals surface area (Å²) in [6, 6.07) is 0.310. The van der Waals surface area contributed by atoms with E-state index in [1.54, 1.807) is 7.11 Å². The Morgan fingerprint density at radius 2 is 1.78 bits per heavy atom. The van der Waals surface area contributed by atoms with Gasteiger partial charge in [0, 0.05) is 25.5 Å². The van der Waals surface area contributed by atoms with Crippen LogP contribution in [0.1, 0.15) is 70.6 Å². The molecule has 0 bridgehead atoms. The molecule has 1 amide bonds. The summed E-state index contributed by atoms with van der Waals surface area (Å²) >= 11 is 0. The maximum atomic E-state index is 12.2. The van der Waals surface area contributed by atoms with Gasteiger partial charge in [0.2, 0.25) is 5.91 Å². The Labute approximate surface area is 140 Å². The minimum atomic E-state index is 0.144. The van der Waals surface area contributed by atoms with Crippen molar-refractivity contribution in [3.05, 3.63) is 0 Å². The first-order valence-corrected chi connectivity index (χ1v) is 9.71. The van der Waals surface area contributed by atoms with Crippen LogP contribution in [0.4, 0.5) is 0 Å². The zero-order chi connectivity index (χ0) is 16.1. The maximum Gasteiger partial charge on any atom is 0.222 e. The highest BCUT2D eigenvalue weighted by Crippen LogP contribution is 2.40. The Hall–Kier alpha value is -0.610. The molecule has 3 fully saturated rings. The summed E-state index contributed by atoms with van der Waals surface area (Å²) in [7, 11) is 1.65. The molecule has 2 aliphatic carbocycles. The molecule has 1 aliphatic heterocycles. The molecule has 0 aromatic heterocycles. The lowest BCUT2D eigenvalue weighted by Crippen LogP contribution is -2.54. The molecule has 23 heavy (non-hydrogen) atoms. The summed E-state index contributed by atoms with van der Waals surface area (Å²) in [5.74, 6) is 1.38. The molecule has 2 saturated carbocycles. The Morgan fingerprint density at radius 3 is 2.57 bits per heavy atom. The van der Waals surface area contributed by atoms with Gasteiger partial charge in [-0.25, -0.2) is 0 Å². The van der Waals surface area contributed by atoms with E-state index < -0.39 is 0 Å². The van der Waals surface area contributed by atoms with E-state index in [9.17, 15) is 4.79 Å². The number of hydrogen-bond donors (Lipinski definition) is 1. The lowest BCUT2D eigenvalue weighted by molar-refractivity contribution is -0.144. The fraction of sp³-hybridized carbons (Fsp3) is 0.947. The number of carbonyl (C=O) groups is 1. The number of ether oxygens (including phenoxy) is 2. The standard InChI is InChI=1S/C19H33NO3/c1-22-12-11-19(21)20-16-13-18(14-7-3-2-4-8-14)23-17-10-6-5-9-15(16)17/h14-18H,2-13H2,1H3,(H,20,21)/t15-,16+,17+,18+/m0/s1. The second-order valence-electron chi connectivity index (χ2n) is 7.71. The largest absolute Gasteiger partial charge is 0.384 e. The average Bonchev–Trinajstić information content (AvgIpc) is 2.60. The molecule has 1 saturated heterocycles. The number of nitrogens with one attached hydrogen (secondary N) is 1. The molecule has 3 rings (SSSR count). The monoisotopic (exact) mass is 323 g/mol. The van der Waals surface area contributed by atoms with Gasteiger partial charge in [-0.1, -0.05) is 32.1 Å². The fourth-order valence-corrected chi connectivity index (χ4v) is 4.91. The van der Waals surface area contributed by atoms with Crippen LogP contribution in [0.15, 0.2) is 0 Å². The lowest BCUT2D eigenvalue weighted by Gasteiger charge is -2.47. The van der Waals surface area contributed by atoms with Crippen molar-refractivity contribution in [3.8, 4) is 0 Å². The normalized spacial score (nSPS) is 35.5. The van der Waals surface area contributed by atoms with E-state index in [0.717, 1.165) is 6.42 Å². The number of carbonyl (C=O) groups excluding carboxylic acids is 1. The van der Waals surface area contributed by atoms with Crippen LogP contribution in [-0.2, 0) is 14.3 Å². The highest BCUT2D eigenvalue weighted by molar-refractivity contribution is 5.76. The van der Waals surface area contributed by atoms with Crippen LogP contribution in [-0.4, -0.2) is 37.9 Å². The quantitative estimate of drug-likeness (QED) is 0.843. The topological polar surface area (TPSA) is 47.6 Å². The molecule has 132 valence electrons. The van der Waals surface area contributed by atoms with Crippen molar-refractivity contribution >= 4 is 5.91 Å². The second-order valence-corrected chi connectivity index (χ2v) is 7.71. The summed E-state index contributed by atoms with van der Waals surface area (Å²) in [6.07, 6.45) is 13.9. The Kier molecular flexibility index (Phi) is 6.35. The van der Waals surface area contributed by atoms with Crippen molar-refractivity contribution in [3.63, 3.8) is 0 Å². The van der Waals surface area contributed by atoms with Gasteiger partial charge in [0.1, 0.15) is 0 Å². The van der Waals surface area contributed by atoms with Crippen LogP contribution in [0.25, 0.3) is 0 Å². The Balaban J connectivity index is 1.62. The third-order valence-electron chi connectivity index (χ3n) is 6.16. The summed E-state index contributed by atoms with van der Waals surface area (Å²) in [4.78, 5) is 12.2. The van der Waals surface area contributed by atoms with Crippen LogP contribution in [0.2, 0.25) is 0 Å². The van der Waals surface area contributed by atoms with Gasteiger partial charge in [-0.15, -0.1) is 0 Å². The molecule has 0 spiro atoms. The van der Waals surface area contributed by atoms with Crippen LogP contribution in [0.5, 0.6) is 0 Å². The summed E-state index contributed by atoms with van der Waals surface area (Å²) < 4.78 is 11.6. The molecule has 0 unspecified atom stereocenters. The summed E-state index contributed by atoms with van der Waals surface area (Å²) in [5.41, 5.74) is 0. The number of methoxy groups -OCH3 is 1. The van der Waals surface area contributed by atoms with Crippen LogP contribution >= 0.6 is 0 Å². The molecule has 1 N–H and O–H groups in total. The van der Waals surface area contributed by atoms with Gasteiger partial charge >= 0.3 is 0 Å². The first-order chi connectivity index (χ1) is 11.3. The number of amides is 1. The molecule has 4 atom stereocenters. The number of rotatable bonds is 5. The van der Waals surface area contributed by atoms with Crippen molar-refractivity contribution in [2.45, 2.75) is 88.9 Å². The molecule has 0 aromatic rings. The Morgan fingerprint density at radius 1 is 1.04 bits per heavy atom. The number of hydrogen-bond acceptors (Lipinski definition) is 3. The van der Waals surface area contributed by atoms with Crippen molar-refractivity contribution in [1.29, 1.82) is 0 Å². The highest BCUT2D eigenvalue weighted by atomic mass is 16.5. The maximum absolute atomic E-state index is 12.2. The van der Waals surface area contributed by atoms with Gasteiger partial charge in [0.05, 0.1) is 18.8 Å². The average molecular weight is 323 g/mol.